The molecule has 0 aliphatic rings. The van der Waals surface area contributed by atoms with E-state index in [2.05, 4.69) is 30.3 Å². The maximum Gasteiger partial charge on any atom is 0.146 e. The lowest BCUT2D eigenvalue weighted by molar-refractivity contribution is 1.22. The van der Waals surface area contributed by atoms with Crippen molar-refractivity contribution in [2.75, 3.05) is 10.7 Å². The van der Waals surface area contributed by atoms with Crippen LogP contribution < -0.4 is 4.90 Å². The van der Waals surface area contributed by atoms with E-state index in [4.69, 9.17) is 29.7 Å². The van der Waals surface area contributed by atoms with Crippen LogP contribution in [0.25, 0.3) is 0 Å². The van der Waals surface area contributed by atoms with Gasteiger partial charge < -0.3 is 4.57 Å². The Balaban J connectivity index is 0.000000196. The molecule has 0 bridgehead atoms. The predicted octanol–water partition coefficient (Wildman–Crippen LogP) is 7.92. The van der Waals surface area contributed by atoms with Crippen molar-refractivity contribution >= 4 is 68.0 Å². The highest BCUT2D eigenvalue weighted by Crippen LogP contribution is 2.28. The molecule has 1 heterocycles. The third kappa shape index (κ3) is 8.15. The summed E-state index contributed by atoms with van der Waals surface area (Å²) in [6.45, 7) is 0. The molecule has 0 saturated heterocycles. The average molecular weight is 518 g/mol. The number of thioether (sulfide) groups is 2. The molecule has 34 heavy (non-hydrogen) atoms. The first-order chi connectivity index (χ1) is 16.7. The largest absolute Gasteiger partial charge is 0.310 e. The fourth-order valence-electron chi connectivity index (χ4n) is 2.92. The molecule has 0 fully saturated rings. The zero-order chi connectivity index (χ0) is 24.0. The van der Waals surface area contributed by atoms with Crippen molar-refractivity contribution in [1.29, 1.82) is 5.26 Å². The number of rotatable bonds is 5. The fraction of sp³-hybridized carbons (Fsp3) is 0.0741. The molecular formula is C27H23N3S4. The first kappa shape index (κ1) is 25.7. The highest BCUT2D eigenvalue weighted by molar-refractivity contribution is 8.23. The van der Waals surface area contributed by atoms with Crippen LogP contribution in [0.15, 0.2) is 116 Å². The van der Waals surface area contributed by atoms with E-state index in [0.29, 0.717) is 10.1 Å². The summed E-state index contributed by atoms with van der Waals surface area (Å²) in [6, 6.07) is 36.3. The van der Waals surface area contributed by atoms with Gasteiger partial charge in [0.1, 0.15) is 8.64 Å². The van der Waals surface area contributed by atoms with Gasteiger partial charge in [-0.3, -0.25) is 4.90 Å². The summed E-state index contributed by atoms with van der Waals surface area (Å²) in [6.07, 6.45) is 3.95. The molecule has 7 heteroatoms. The molecule has 0 amide bonds. The van der Waals surface area contributed by atoms with Gasteiger partial charge in [-0.2, -0.15) is 5.26 Å². The smallest absolute Gasteiger partial charge is 0.146 e. The Morgan fingerprint density at radius 2 is 1.24 bits per heavy atom. The topological polar surface area (TPSA) is 32.0 Å². The van der Waals surface area contributed by atoms with E-state index in [-0.39, 0.29) is 0 Å². The predicted molar refractivity (Wildman–Crippen MR) is 156 cm³/mol. The summed E-state index contributed by atoms with van der Waals surface area (Å²) in [4.78, 5) is 1.98. The maximum absolute atomic E-state index is 8.69. The summed E-state index contributed by atoms with van der Waals surface area (Å²) in [5.41, 5.74) is 3.31. The minimum Gasteiger partial charge on any atom is -0.310 e. The molecule has 0 aliphatic carbocycles. The SMILES string of the molecule is N#CCSC(=S)N(c1ccccc1)c1ccccc1.S=C(SCc1ccccc1)n1cccc1. The van der Waals surface area contributed by atoms with Crippen LogP contribution in [0.3, 0.4) is 0 Å². The Morgan fingerprint density at radius 3 is 1.74 bits per heavy atom. The Labute approximate surface area is 220 Å². The third-order valence-corrected chi connectivity index (χ3v) is 7.23. The normalized spacial score (nSPS) is 9.85. The number of para-hydroxylation sites is 2. The lowest BCUT2D eigenvalue weighted by atomic mass is 10.2. The number of thiocarbonyl (C=S) groups is 2. The molecule has 0 atom stereocenters. The second-order valence-electron chi connectivity index (χ2n) is 6.85. The Hall–Kier alpha value is -2.89. The van der Waals surface area contributed by atoms with Crippen molar-refractivity contribution in [2.45, 2.75) is 5.75 Å². The molecule has 0 saturated carbocycles. The van der Waals surface area contributed by atoms with Crippen molar-refractivity contribution in [3.05, 3.63) is 121 Å². The molecule has 3 nitrogen and oxygen atoms in total. The zero-order valence-corrected chi connectivity index (χ0v) is 21.6. The van der Waals surface area contributed by atoms with Crippen molar-refractivity contribution < 1.29 is 0 Å². The maximum atomic E-state index is 8.69. The van der Waals surface area contributed by atoms with E-state index in [1.807, 2.05) is 101 Å². The molecule has 4 rings (SSSR count). The minimum absolute atomic E-state index is 0.356. The van der Waals surface area contributed by atoms with E-state index >= 15 is 0 Å². The van der Waals surface area contributed by atoms with Gasteiger partial charge in [0.15, 0.2) is 0 Å². The Morgan fingerprint density at radius 1 is 0.735 bits per heavy atom. The van der Waals surface area contributed by atoms with Gasteiger partial charge in [0.25, 0.3) is 0 Å². The van der Waals surface area contributed by atoms with Crippen LogP contribution in [0.4, 0.5) is 11.4 Å². The highest BCUT2D eigenvalue weighted by atomic mass is 32.2. The summed E-state index contributed by atoms with van der Waals surface area (Å²) in [5.74, 6) is 1.28. The van der Waals surface area contributed by atoms with Crippen LogP contribution >= 0.6 is 48.0 Å². The van der Waals surface area contributed by atoms with Crippen molar-refractivity contribution in [1.82, 2.24) is 4.57 Å². The zero-order valence-electron chi connectivity index (χ0n) is 18.4. The van der Waals surface area contributed by atoms with Gasteiger partial charge in [0.2, 0.25) is 0 Å². The second kappa shape index (κ2) is 14.4. The minimum atomic E-state index is 0.356. The quantitative estimate of drug-likeness (QED) is 0.250. The number of hydrogen-bond donors (Lipinski definition) is 0. The van der Waals surface area contributed by atoms with Crippen LogP contribution in [-0.4, -0.2) is 19.0 Å². The number of hydrogen-bond acceptors (Lipinski definition) is 5. The van der Waals surface area contributed by atoms with Gasteiger partial charge in [-0.25, -0.2) is 0 Å². The summed E-state index contributed by atoms with van der Waals surface area (Å²) in [7, 11) is 0. The first-order valence-corrected chi connectivity index (χ1v) is 13.3. The number of benzene rings is 3. The fourth-order valence-corrected chi connectivity index (χ4v) is 4.89. The summed E-state index contributed by atoms with van der Waals surface area (Å²) >= 11 is 13.8. The van der Waals surface area contributed by atoms with Crippen molar-refractivity contribution in [2.24, 2.45) is 0 Å². The Kier molecular flexibility index (Phi) is 10.9. The lowest BCUT2D eigenvalue weighted by Gasteiger charge is -2.24. The van der Waals surface area contributed by atoms with Gasteiger partial charge in [-0.05, 0) is 42.0 Å². The molecule has 3 aromatic carbocycles. The van der Waals surface area contributed by atoms with Gasteiger partial charge >= 0.3 is 0 Å². The summed E-state index contributed by atoms with van der Waals surface area (Å²) in [5, 5.41) is 8.69. The highest BCUT2D eigenvalue weighted by Gasteiger charge is 2.14. The number of nitriles is 1. The third-order valence-electron chi connectivity index (χ3n) is 4.49. The van der Waals surface area contributed by atoms with Gasteiger partial charge in [-0.1, -0.05) is 115 Å². The van der Waals surface area contributed by atoms with Gasteiger partial charge in [0.05, 0.1) is 11.8 Å². The van der Waals surface area contributed by atoms with Crippen molar-refractivity contribution in [3.63, 3.8) is 0 Å². The standard InChI is InChI=1S/C15H12N2S2.C12H11NS2/c16-11-12-19-15(18)17(13-7-3-1-4-8-13)14-9-5-2-6-10-14;14-12(13-8-4-5-9-13)15-10-11-6-2-1-3-7-11/h1-10H,12H2;1-9H,10H2. The Bertz CT molecular complexity index is 1150. The van der Waals surface area contributed by atoms with Crippen LogP contribution in [0, 0.1) is 11.3 Å². The molecule has 1 aromatic heterocycles. The van der Waals surface area contributed by atoms with E-state index < -0.39 is 0 Å². The van der Waals surface area contributed by atoms with Gasteiger partial charge in [-0.15, -0.1) is 0 Å². The van der Waals surface area contributed by atoms with Crippen molar-refractivity contribution in [3.8, 4) is 6.07 Å². The number of aromatic nitrogens is 1. The number of anilines is 2. The van der Waals surface area contributed by atoms with E-state index in [9.17, 15) is 0 Å². The lowest BCUT2D eigenvalue weighted by Crippen LogP contribution is -2.21. The molecule has 0 N–H and O–H groups in total. The molecule has 0 radical (unpaired) electrons. The van der Waals surface area contributed by atoms with E-state index in [0.717, 1.165) is 21.4 Å². The van der Waals surface area contributed by atoms with Crippen LogP contribution in [0.5, 0.6) is 0 Å². The first-order valence-electron chi connectivity index (χ1n) is 10.5. The molecule has 4 aromatic rings. The molecule has 0 spiro atoms. The van der Waals surface area contributed by atoms with Crippen LogP contribution in [-0.2, 0) is 5.75 Å². The number of nitrogens with zero attached hydrogens (tertiary/aromatic N) is 3. The monoisotopic (exact) mass is 517 g/mol. The molecule has 0 aliphatic heterocycles. The van der Waals surface area contributed by atoms with Gasteiger partial charge in [0, 0.05) is 29.5 Å². The van der Waals surface area contributed by atoms with E-state index in [1.54, 1.807) is 11.8 Å². The molecule has 0 unspecified atom stereocenters. The average Bonchev–Trinajstić information content (AvgIpc) is 3.44. The van der Waals surface area contributed by atoms with Crippen LogP contribution in [0.2, 0.25) is 0 Å². The molecular weight excluding hydrogens is 495 g/mol. The molecule has 170 valence electrons. The van der Waals surface area contributed by atoms with Crippen LogP contribution in [0.1, 0.15) is 5.56 Å². The summed E-state index contributed by atoms with van der Waals surface area (Å²) < 4.78 is 3.53. The second-order valence-corrected chi connectivity index (χ2v) is 10.1. The van der Waals surface area contributed by atoms with E-state index in [1.165, 1.54) is 17.3 Å².